The lowest BCUT2D eigenvalue weighted by Crippen LogP contribution is -2.16. The van der Waals surface area contributed by atoms with Gasteiger partial charge in [-0.25, -0.2) is 15.0 Å². The van der Waals surface area contributed by atoms with E-state index in [2.05, 4.69) is 41.6 Å². The molecule has 4 heterocycles. The Morgan fingerprint density at radius 3 is 3.09 bits per heavy atom. The number of nitrogens with zero attached hydrogens (tertiary/aromatic N) is 4. The smallest absolute Gasteiger partial charge is 0.193 e. The summed E-state index contributed by atoms with van der Waals surface area (Å²) in [6, 6.07) is 0. The van der Waals surface area contributed by atoms with Gasteiger partial charge in [0.2, 0.25) is 0 Å². The predicted molar refractivity (Wildman–Crippen MR) is 94.8 cm³/mol. The summed E-state index contributed by atoms with van der Waals surface area (Å²) in [6.45, 7) is 2.82. The van der Waals surface area contributed by atoms with Gasteiger partial charge in [0, 0.05) is 49.3 Å². The number of aromatic nitrogens is 4. The van der Waals surface area contributed by atoms with Gasteiger partial charge in [-0.05, 0) is 13.0 Å². The van der Waals surface area contributed by atoms with E-state index in [0.29, 0.717) is 0 Å². The number of halogens is 1. The summed E-state index contributed by atoms with van der Waals surface area (Å²) < 4.78 is 2.07. The van der Waals surface area contributed by atoms with E-state index in [0.717, 1.165) is 55.4 Å². The van der Waals surface area contributed by atoms with Crippen molar-refractivity contribution in [3.63, 3.8) is 0 Å². The van der Waals surface area contributed by atoms with E-state index >= 15 is 0 Å². The molecular formula is C15H19ClN6S. The van der Waals surface area contributed by atoms with Crippen molar-refractivity contribution in [3.8, 4) is 0 Å². The largest absolute Gasteiger partial charge is 0.369 e. The molecule has 0 bridgehead atoms. The Morgan fingerprint density at radius 1 is 1.26 bits per heavy atom. The molecule has 0 atom stereocenters. The lowest BCUT2D eigenvalue weighted by Gasteiger charge is -2.11. The van der Waals surface area contributed by atoms with Crippen molar-refractivity contribution >= 4 is 34.5 Å². The molecule has 2 N–H and O–H groups in total. The fourth-order valence-corrected chi connectivity index (χ4v) is 3.55. The van der Waals surface area contributed by atoms with Crippen LogP contribution in [0.25, 0.3) is 4.96 Å². The van der Waals surface area contributed by atoms with Gasteiger partial charge in [0.25, 0.3) is 0 Å². The molecular weight excluding hydrogens is 332 g/mol. The third kappa shape index (κ3) is 3.46. The standard InChI is InChI=1S/C15H18N6S.ClH/c1(11-9-21-7-8-22-15(21)20-11)6-17-14-12-2-4-16-5-3-13(12)18-10-19-14;/h7-10,16H,1-6H2,(H,17,18,19);1H. The van der Waals surface area contributed by atoms with Crippen molar-refractivity contribution in [2.24, 2.45) is 0 Å². The first-order valence-electron chi connectivity index (χ1n) is 7.58. The Labute approximate surface area is 144 Å². The molecule has 4 rings (SSSR count). The molecule has 6 nitrogen and oxygen atoms in total. The summed E-state index contributed by atoms with van der Waals surface area (Å²) in [4.78, 5) is 14.5. The third-order valence-corrected chi connectivity index (χ3v) is 4.71. The molecule has 0 spiro atoms. The van der Waals surface area contributed by atoms with E-state index in [1.165, 1.54) is 11.3 Å². The quantitative estimate of drug-likeness (QED) is 0.752. The van der Waals surface area contributed by atoms with Gasteiger partial charge in [-0.1, -0.05) is 0 Å². The van der Waals surface area contributed by atoms with Gasteiger partial charge in [0.05, 0.1) is 11.4 Å². The average molecular weight is 351 g/mol. The van der Waals surface area contributed by atoms with Gasteiger partial charge in [0.1, 0.15) is 12.1 Å². The molecule has 3 aromatic rings. The first kappa shape index (κ1) is 16.2. The zero-order valence-electron chi connectivity index (χ0n) is 12.7. The van der Waals surface area contributed by atoms with Crippen molar-refractivity contribution < 1.29 is 0 Å². The van der Waals surface area contributed by atoms with Gasteiger partial charge >= 0.3 is 0 Å². The Balaban J connectivity index is 0.00000156. The second kappa shape index (κ2) is 7.25. The molecule has 1 aliphatic rings. The number of fused-ring (bicyclic) bond motifs is 2. The van der Waals surface area contributed by atoms with E-state index in [1.54, 1.807) is 17.7 Å². The molecule has 8 heteroatoms. The molecule has 0 aliphatic carbocycles. The second-order valence-electron chi connectivity index (χ2n) is 5.40. The summed E-state index contributed by atoms with van der Waals surface area (Å²) >= 11 is 1.66. The molecule has 1 aliphatic heterocycles. The highest BCUT2D eigenvalue weighted by atomic mass is 35.5. The fraction of sp³-hybridized carbons (Fsp3) is 0.400. The summed E-state index contributed by atoms with van der Waals surface area (Å²) in [5, 5.41) is 8.92. The Morgan fingerprint density at radius 2 is 2.17 bits per heavy atom. The maximum atomic E-state index is 4.61. The highest BCUT2D eigenvalue weighted by Crippen LogP contribution is 2.18. The minimum absolute atomic E-state index is 0. The van der Waals surface area contributed by atoms with E-state index in [4.69, 9.17) is 0 Å². The molecule has 0 amide bonds. The summed E-state index contributed by atoms with van der Waals surface area (Å²) in [5.74, 6) is 0.981. The molecule has 0 radical (unpaired) electrons. The first-order valence-corrected chi connectivity index (χ1v) is 8.46. The lowest BCUT2D eigenvalue weighted by atomic mass is 10.1. The van der Waals surface area contributed by atoms with E-state index in [1.807, 2.05) is 6.20 Å². The predicted octanol–water partition coefficient (Wildman–Crippen LogP) is 1.95. The van der Waals surface area contributed by atoms with Crippen LogP contribution in [-0.4, -0.2) is 39.0 Å². The van der Waals surface area contributed by atoms with Gasteiger partial charge in [0.15, 0.2) is 4.96 Å². The number of imidazole rings is 1. The third-order valence-electron chi connectivity index (χ3n) is 3.94. The number of nitrogens with one attached hydrogen (secondary N) is 2. The Hall–Kier alpha value is -1.70. The van der Waals surface area contributed by atoms with E-state index < -0.39 is 0 Å². The second-order valence-corrected chi connectivity index (χ2v) is 6.27. The van der Waals surface area contributed by atoms with Crippen LogP contribution in [0.5, 0.6) is 0 Å². The number of rotatable bonds is 4. The molecule has 0 fully saturated rings. The maximum absolute atomic E-state index is 4.61. The van der Waals surface area contributed by atoms with Crippen LogP contribution in [0.1, 0.15) is 17.0 Å². The van der Waals surface area contributed by atoms with Crippen molar-refractivity contribution in [3.05, 3.63) is 41.1 Å². The van der Waals surface area contributed by atoms with Crippen molar-refractivity contribution in [1.82, 2.24) is 24.7 Å². The molecule has 23 heavy (non-hydrogen) atoms. The number of hydrogen-bond acceptors (Lipinski definition) is 6. The van der Waals surface area contributed by atoms with Gasteiger partial charge in [-0.3, -0.25) is 4.40 Å². The van der Waals surface area contributed by atoms with Crippen LogP contribution >= 0.6 is 23.7 Å². The molecule has 122 valence electrons. The zero-order chi connectivity index (χ0) is 14.8. The normalized spacial score (nSPS) is 14.1. The summed E-state index contributed by atoms with van der Waals surface area (Å²) in [5.41, 5.74) is 3.55. The van der Waals surface area contributed by atoms with Gasteiger partial charge in [-0.15, -0.1) is 23.7 Å². The molecule has 0 unspecified atom stereocenters. The van der Waals surface area contributed by atoms with Gasteiger partial charge < -0.3 is 10.6 Å². The van der Waals surface area contributed by atoms with Crippen LogP contribution in [-0.2, 0) is 19.3 Å². The maximum Gasteiger partial charge on any atom is 0.193 e. The zero-order valence-corrected chi connectivity index (χ0v) is 14.3. The van der Waals surface area contributed by atoms with Crippen LogP contribution in [0.2, 0.25) is 0 Å². The lowest BCUT2D eigenvalue weighted by molar-refractivity contribution is 0.708. The number of anilines is 1. The van der Waals surface area contributed by atoms with Crippen LogP contribution < -0.4 is 10.6 Å². The van der Waals surface area contributed by atoms with E-state index in [9.17, 15) is 0 Å². The van der Waals surface area contributed by atoms with Crippen LogP contribution in [0.3, 0.4) is 0 Å². The Kier molecular flexibility index (Phi) is 5.09. The van der Waals surface area contributed by atoms with Crippen LogP contribution in [0.4, 0.5) is 5.82 Å². The minimum atomic E-state index is 0. The summed E-state index contributed by atoms with van der Waals surface area (Å²) in [7, 11) is 0. The molecule has 3 aromatic heterocycles. The fourth-order valence-electron chi connectivity index (χ4n) is 2.83. The van der Waals surface area contributed by atoms with Crippen molar-refractivity contribution in [1.29, 1.82) is 0 Å². The highest BCUT2D eigenvalue weighted by molar-refractivity contribution is 7.15. The number of hydrogen-bond donors (Lipinski definition) is 2. The molecule has 0 aromatic carbocycles. The van der Waals surface area contributed by atoms with Crippen molar-refractivity contribution in [2.45, 2.75) is 19.3 Å². The number of thiazole rings is 1. The highest BCUT2D eigenvalue weighted by Gasteiger charge is 2.13. The van der Waals surface area contributed by atoms with Gasteiger partial charge in [-0.2, -0.15) is 0 Å². The SMILES string of the molecule is Cl.c1nc2c(c(NCCc3cn4ccsc4n3)n1)CCNCC2. The Bertz CT molecular complexity index is 755. The van der Waals surface area contributed by atoms with Crippen LogP contribution in [0, 0.1) is 0 Å². The monoisotopic (exact) mass is 350 g/mol. The topological polar surface area (TPSA) is 67.1 Å². The average Bonchev–Trinajstić information content (AvgIpc) is 3.01. The van der Waals surface area contributed by atoms with E-state index in [-0.39, 0.29) is 12.4 Å². The minimum Gasteiger partial charge on any atom is -0.369 e. The first-order chi connectivity index (χ1) is 10.9. The summed E-state index contributed by atoms with van der Waals surface area (Å²) in [6.07, 6.45) is 8.66. The molecule has 0 saturated carbocycles. The van der Waals surface area contributed by atoms with Crippen molar-refractivity contribution in [2.75, 3.05) is 25.0 Å². The molecule has 0 saturated heterocycles. The van der Waals surface area contributed by atoms with Crippen LogP contribution in [0.15, 0.2) is 24.1 Å².